The number of para-hydroxylation sites is 1. The molecule has 1 heterocycles. The van der Waals surface area contributed by atoms with Crippen LogP contribution in [-0.2, 0) is 0 Å². The zero-order valence-corrected chi connectivity index (χ0v) is 11.1. The topological polar surface area (TPSA) is 106 Å². The van der Waals surface area contributed by atoms with Crippen LogP contribution in [0, 0.1) is 5.41 Å². The van der Waals surface area contributed by atoms with Crippen LogP contribution >= 0.6 is 0 Å². The maximum atomic E-state index is 9.10. The van der Waals surface area contributed by atoms with Gasteiger partial charge in [0.05, 0.1) is 18.7 Å². The predicted octanol–water partition coefficient (Wildman–Crippen LogP) is 0.310. The number of hydrogen-bond donors (Lipinski definition) is 4. The number of anilines is 1. The Kier molecular flexibility index (Phi) is 4.49. The summed E-state index contributed by atoms with van der Waals surface area (Å²) in [4.78, 5) is 6.27. The SMILES string of the molecule is N=C(N)c1cc(N(CCO)CCO)nc2ccccc12. The highest BCUT2D eigenvalue weighted by Gasteiger charge is 2.12. The molecule has 0 unspecified atom stereocenters. The van der Waals surface area contributed by atoms with Crippen molar-refractivity contribution in [1.29, 1.82) is 5.41 Å². The first kappa shape index (κ1) is 14.2. The van der Waals surface area contributed by atoms with Crippen LogP contribution in [0.2, 0.25) is 0 Å². The molecule has 0 saturated carbocycles. The number of aromatic nitrogens is 1. The van der Waals surface area contributed by atoms with E-state index in [9.17, 15) is 0 Å². The second-order valence-electron chi connectivity index (χ2n) is 4.39. The Morgan fingerprint density at radius 3 is 2.45 bits per heavy atom. The quantitative estimate of drug-likeness (QED) is 0.448. The summed E-state index contributed by atoms with van der Waals surface area (Å²) in [5, 5.41) is 26.7. The second-order valence-corrected chi connectivity index (χ2v) is 4.39. The molecule has 0 aliphatic heterocycles. The van der Waals surface area contributed by atoms with Gasteiger partial charge in [-0.15, -0.1) is 0 Å². The second kappa shape index (κ2) is 6.31. The van der Waals surface area contributed by atoms with Crippen LogP contribution in [0.1, 0.15) is 5.56 Å². The number of hydrogen-bond acceptors (Lipinski definition) is 5. The third-order valence-electron chi connectivity index (χ3n) is 3.06. The number of nitrogen functional groups attached to an aromatic ring is 1. The number of amidine groups is 1. The molecule has 5 N–H and O–H groups in total. The fraction of sp³-hybridized carbons (Fsp3) is 0.286. The maximum absolute atomic E-state index is 9.10. The first-order valence-electron chi connectivity index (χ1n) is 6.38. The number of benzene rings is 1. The average molecular weight is 274 g/mol. The summed E-state index contributed by atoms with van der Waals surface area (Å²) >= 11 is 0. The number of aliphatic hydroxyl groups excluding tert-OH is 2. The number of fused-ring (bicyclic) bond motifs is 1. The van der Waals surface area contributed by atoms with E-state index in [-0.39, 0.29) is 19.0 Å². The summed E-state index contributed by atoms with van der Waals surface area (Å²) in [6, 6.07) is 9.17. The number of rotatable bonds is 6. The van der Waals surface area contributed by atoms with Gasteiger partial charge in [0.25, 0.3) is 0 Å². The van der Waals surface area contributed by atoms with E-state index in [0.29, 0.717) is 24.5 Å². The molecule has 6 nitrogen and oxygen atoms in total. The summed E-state index contributed by atoms with van der Waals surface area (Å²) in [7, 11) is 0. The molecule has 1 aromatic heterocycles. The van der Waals surface area contributed by atoms with Crippen molar-refractivity contribution < 1.29 is 10.2 Å². The largest absolute Gasteiger partial charge is 0.395 e. The predicted molar refractivity (Wildman–Crippen MR) is 79.1 cm³/mol. The molecule has 6 heteroatoms. The molecule has 2 aromatic rings. The molecular formula is C14H18N4O2. The number of nitrogens with two attached hydrogens (primary N) is 1. The van der Waals surface area contributed by atoms with Gasteiger partial charge in [-0.1, -0.05) is 18.2 Å². The number of pyridine rings is 1. The summed E-state index contributed by atoms with van der Waals surface area (Å²) in [5.74, 6) is 0.565. The zero-order chi connectivity index (χ0) is 14.5. The molecule has 1 aromatic carbocycles. The Morgan fingerprint density at radius 2 is 1.85 bits per heavy atom. The molecule has 106 valence electrons. The molecule has 0 fully saturated rings. The van der Waals surface area contributed by atoms with E-state index in [1.54, 1.807) is 11.0 Å². The van der Waals surface area contributed by atoms with Crippen molar-refractivity contribution in [1.82, 2.24) is 4.98 Å². The van der Waals surface area contributed by atoms with Gasteiger partial charge in [0.15, 0.2) is 0 Å². The molecular weight excluding hydrogens is 256 g/mol. The normalized spacial score (nSPS) is 10.7. The van der Waals surface area contributed by atoms with Gasteiger partial charge >= 0.3 is 0 Å². The van der Waals surface area contributed by atoms with Gasteiger partial charge in [-0.3, -0.25) is 5.41 Å². The monoisotopic (exact) mass is 274 g/mol. The number of nitrogens with zero attached hydrogens (tertiary/aromatic N) is 2. The molecule has 2 rings (SSSR count). The average Bonchev–Trinajstić information content (AvgIpc) is 2.45. The van der Waals surface area contributed by atoms with E-state index in [2.05, 4.69) is 4.98 Å². The van der Waals surface area contributed by atoms with E-state index in [1.165, 1.54) is 0 Å². The minimum Gasteiger partial charge on any atom is -0.395 e. The Balaban J connectivity index is 2.56. The van der Waals surface area contributed by atoms with Crippen LogP contribution < -0.4 is 10.6 Å². The standard InChI is InChI=1S/C14H18N4O2/c15-14(16)11-9-13(18(5-7-19)6-8-20)17-12-4-2-1-3-10(11)12/h1-4,9,19-20H,5-8H2,(H3,15,16). The van der Waals surface area contributed by atoms with E-state index in [4.69, 9.17) is 21.4 Å². The molecule has 0 spiro atoms. The number of aliphatic hydroxyl groups is 2. The summed E-state index contributed by atoms with van der Waals surface area (Å²) in [5.41, 5.74) is 6.97. The van der Waals surface area contributed by atoms with Crippen LogP contribution in [-0.4, -0.2) is 47.3 Å². The fourth-order valence-corrected chi connectivity index (χ4v) is 2.13. The lowest BCUT2D eigenvalue weighted by Gasteiger charge is -2.23. The zero-order valence-electron chi connectivity index (χ0n) is 11.1. The van der Waals surface area contributed by atoms with Crippen LogP contribution in [0.25, 0.3) is 10.9 Å². The molecule has 0 atom stereocenters. The minimum absolute atomic E-state index is 0.0298. The lowest BCUT2D eigenvalue weighted by molar-refractivity contribution is 0.280. The van der Waals surface area contributed by atoms with Gasteiger partial charge in [0.2, 0.25) is 0 Å². The van der Waals surface area contributed by atoms with Crippen molar-refractivity contribution >= 4 is 22.6 Å². The lowest BCUT2D eigenvalue weighted by Crippen LogP contribution is -2.30. The summed E-state index contributed by atoms with van der Waals surface area (Å²) < 4.78 is 0. The molecule has 0 amide bonds. The summed E-state index contributed by atoms with van der Waals surface area (Å²) in [6.07, 6.45) is 0. The molecule has 0 aliphatic carbocycles. The Hall–Kier alpha value is -2.18. The van der Waals surface area contributed by atoms with Crippen LogP contribution in [0.5, 0.6) is 0 Å². The fourth-order valence-electron chi connectivity index (χ4n) is 2.13. The van der Waals surface area contributed by atoms with E-state index in [1.807, 2.05) is 24.3 Å². The third kappa shape index (κ3) is 2.87. The van der Waals surface area contributed by atoms with Crippen LogP contribution in [0.3, 0.4) is 0 Å². The van der Waals surface area contributed by atoms with Crippen molar-refractivity contribution in [2.45, 2.75) is 0 Å². The van der Waals surface area contributed by atoms with Gasteiger partial charge in [-0.25, -0.2) is 4.98 Å². The van der Waals surface area contributed by atoms with Gasteiger partial charge < -0.3 is 20.8 Å². The molecule has 0 saturated heterocycles. The smallest absolute Gasteiger partial charge is 0.130 e. The first-order valence-corrected chi connectivity index (χ1v) is 6.38. The van der Waals surface area contributed by atoms with Crippen molar-refractivity contribution in [2.24, 2.45) is 5.73 Å². The van der Waals surface area contributed by atoms with E-state index >= 15 is 0 Å². The molecule has 0 aliphatic rings. The van der Waals surface area contributed by atoms with Gasteiger partial charge in [-0.05, 0) is 12.1 Å². The van der Waals surface area contributed by atoms with Crippen molar-refractivity contribution in [3.63, 3.8) is 0 Å². The van der Waals surface area contributed by atoms with Crippen LogP contribution in [0.4, 0.5) is 5.82 Å². The highest BCUT2D eigenvalue weighted by Crippen LogP contribution is 2.22. The van der Waals surface area contributed by atoms with Gasteiger partial charge in [0.1, 0.15) is 11.7 Å². The Morgan fingerprint density at radius 1 is 1.20 bits per heavy atom. The first-order chi connectivity index (χ1) is 9.67. The van der Waals surface area contributed by atoms with Crippen LogP contribution in [0.15, 0.2) is 30.3 Å². The highest BCUT2D eigenvalue weighted by atomic mass is 16.3. The number of nitrogens with one attached hydrogen (secondary N) is 1. The summed E-state index contributed by atoms with van der Waals surface area (Å²) in [6.45, 7) is 0.653. The highest BCUT2D eigenvalue weighted by molar-refractivity contribution is 6.07. The van der Waals surface area contributed by atoms with E-state index in [0.717, 1.165) is 10.9 Å². The lowest BCUT2D eigenvalue weighted by atomic mass is 10.1. The van der Waals surface area contributed by atoms with Crippen molar-refractivity contribution in [2.75, 3.05) is 31.2 Å². The molecule has 0 radical (unpaired) electrons. The van der Waals surface area contributed by atoms with Crippen molar-refractivity contribution in [3.8, 4) is 0 Å². The minimum atomic E-state index is -0.0378. The van der Waals surface area contributed by atoms with E-state index < -0.39 is 0 Å². The Labute approximate surface area is 117 Å². The molecule has 20 heavy (non-hydrogen) atoms. The van der Waals surface area contributed by atoms with Crippen molar-refractivity contribution in [3.05, 3.63) is 35.9 Å². The van der Waals surface area contributed by atoms with Gasteiger partial charge in [-0.2, -0.15) is 0 Å². The Bertz CT molecular complexity index is 609. The maximum Gasteiger partial charge on any atom is 0.130 e. The van der Waals surface area contributed by atoms with Gasteiger partial charge in [0, 0.05) is 24.0 Å². The third-order valence-corrected chi connectivity index (χ3v) is 3.06. The molecule has 0 bridgehead atoms.